The molecule has 1 aliphatic heterocycles. The molecule has 3 aromatic rings. The molecule has 0 spiro atoms. The van der Waals surface area contributed by atoms with Crippen LogP contribution in [0.25, 0.3) is 11.5 Å². The Bertz CT molecular complexity index is 1150. The van der Waals surface area contributed by atoms with Crippen molar-refractivity contribution in [2.24, 2.45) is 5.92 Å². The molecule has 35 heavy (non-hydrogen) atoms. The first kappa shape index (κ1) is 25.1. The van der Waals surface area contributed by atoms with Crippen LogP contribution in [-0.2, 0) is 17.8 Å². The molecule has 0 aliphatic carbocycles. The van der Waals surface area contributed by atoms with Crippen LogP contribution >= 0.6 is 11.6 Å². The second kappa shape index (κ2) is 11.6. The van der Waals surface area contributed by atoms with Gasteiger partial charge in [-0.25, -0.2) is 4.98 Å². The minimum atomic E-state index is -0.0305. The maximum absolute atomic E-state index is 12.9. The van der Waals surface area contributed by atoms with E-state index in [9.17, 15) is 4.79 Å². The molecule has 7 nitrogen and oxygen atoms in total. The number of hydrogen-bond acceptors (Lipinski definition) is 6. The number of hydrogen-bond donors (Lipinski definition) is 1. The summed E-state index contributed by atoms with van der Waals surface area (Å²) in [4.78, 5) is 19.9. The first-order chi connectivity index (χ1) is 17.0. The number of halogens is 1. The first-order valence-electron chi connectivity index (χ1n) is 11.9. The van der Waals surface area contributed by atoms with Gasteiger partial charge in [0.15, 0.2) is 11.5 Å². The molecule has 8 heteroatoms. The number of nitrogens with one attached hydrogen (secondary N) is 1. The number of benzene rings is 2. The fourth-order valence-corrected chi connectivity index (χ4v) is 4.55. The van der Waals surface area contributed by atoms with E-state index in [2.05, 4.69) is 10.2 Å². The predicted molar refractivity (Wildman–Crippen MR) is 136 cm³/mol. The molecule has 0 bridgehead atoms. The van der Waals surface area contributed by atoms with Crippen LogP contribution in [0.5, 0.6) is 11.5 Å². The summed E-state index contributed by atoms with van der Waals surface area (Å²) >= 11 is 5.99. The third-order valence-corrected chi connectivity index (χ3v) is 6.65. The van der Waals surface area contributed by atoms with E-state index in [0.717, 1.165) is 48.4 Å². The summed E-state index contributed by atoms with van der Waals surface area (Å²) < 4.78 is 16.6. The van der Waals surface area contributed by atoms with Gasteiger partial charge in [0.25, 0.3) is 0 Å². The van der Waals surface area contributed by atoms with Gasteiger partial charge in [-0.1, -0.05) is 17.7 Å². The Morgan fingerprint density at radius 1 is 1.17 bits per heavy atom. The smallest absolute Gasteiger partial charge is 0.226 e. The van der Waals surface area contributed by atoms with Crippen LogP contribution in [0.15, 0.2) is 46.9 Å². The van der Waals surface area contributed by atoms with E-state index in [1.165, 1.54) is 0 Å². The Hall–Kier alpha value is -3.03. The Balaban J connectivity index is 1.29. The van der Waals surface area contributed by atoms with Crippen molar-refractivity contribution in [3.8, 4) is 23.0 Å². The van der Waals surface area contributed by atoms with Crippen molar-refractivity contribution < 1.29 is 18.7 Å². The standard InChI is InChI=1S/C27H32ClN3O4/c1-18-23(30-27(35-18)20-7-9-22(28)10-8-20)17-31-14-4-5-21(16-31)26(32)29-13-12-19-6-11-24(33-2)25(15-19)34-3/h6-11,15,21H,4-5,12-14,16-17H2,1-3H3,(H,29,32). The molecule has 0 radical (unpaired) electrons. The number of rotatable bonds is 9. The number of carbonyl (C=O) groups excluding carboxylic acids is 1. The third kappa shape index (κ3) is 6.35. The Labute approximate surface area is 211 Å². The maximum atomic E-state index is 12.9. The lowest BCUT2D eigenvalue weighted by Gasteiger charge is -2.31. The van der Waals surface area contributed by atoms with Crippen LogP contribution in [0.3, 0.4) is 0 Å². The second-order valence-electron chi connectivity index (χ2n) is 8.83. The highest BCUT2D eigenvalue weighted by Crippen LogP contribution is 2.28. The number of likely N-dealkylation sites (tertiary alicyclic amines) is 1. The van der Waals surface area contributed by atoms with Gasteiger partial charge in [0.1, 0.15) is 5.76 Å². The maximum Gasteiger partial charge on any atom is 0.226 e. The number of oxazole rings is 1. The summed E-state index contributed by atoms with van der Waals surface area (Å²) in [6.45, 7) is 4.84. The summed E-state index contributed by atoms with van der Waals surface area (Å²) in [7, 11) is 3.24. The number of ether oxygens (including phenoxy) is 2. The van der Waals surface area contributed by atoms with Crippen LogP contribution in [0.1, 0.15) is 29.9 Å². The number of amides is 1. The van der Waals surface area contributed by atoms with E-state index in [1.807, 2.05) is 49.4 Å². The van der Waals surface area contributed by atoms with Gasteiger partial charge in [0, 0.05) is 30.2 Å². The summed E-state index contributed by atoms with van der Waals surface area (Å²) in [5.74, 6) is 2.87. The van der Waals surface area contributed by atoms with Gasteiger partial charge in [-0.2, -0.15) is 0 Å². The van der Waals surface area contributed by atoms with Gasteiger partial charge in [-0.3, -0.25) is 9.69 Å². The van der Waals surface area contributed by atoms with Crippen molar-refractivity contribution in [2.45, 2.75) is 32.7 Å². The molecule has 186 valence electrons. The van der Waals surface area contributed by atoms with Crippen LogP contribution in [0, 0.1) is 12.8 Å². The number of methoxy groups -OCH3 is 2. The zero-order valence-electron chi connectivity index (χ0n) is 20.5. The first-order valence-corrected chi connectivity index (χ1v) is 12.3. The molecule has 1 N–H and O–H groups in total. The molecular formula is C27H32ClN3O4. The molecule has 2 heterocycles. The number of aromatic nitrogens is 1. The summed E-state index contributed by atoms with van der Waals surface area (Å²) in [6.07, 6.45) is 2.61. The molecule has 4 rings (SSSR count). The lowest BCUT2D eigenvalue weighted by atomic mass is 9.97. The van der Waals surface area contributed by atoms with Gasteiger partial charge in [-0.05, 0) is 74.7 Å². The van der Waals surface area contributed by atoms with Crippen molar-refractivity contribution in [1.29, 1.82) is 0 Å². The highest BCUT2D eigenvalue weighted by atomic mass is 35.5. The van der Waals surface area contributed by atoms with Crippen LogP contribution in [-0.4, -0.2) is 49.6 Å². The molecule has 2 aromatic carbocycles. The second-order valence-corrected chi connectivity index (χ2v) is 9.27. The normalized spacial score (nSPS) is 16.2. The Morgan fingerprint density at radius 2 is 1.94 bits per heavy atom. The number of piperidine rings is 1. The minimum absolute atomic E-state index is 0.0305. The average Bonchev–Trinajstić information content (AvgIpc) is 3.24. The van der Waals surface area contributed by atoms with E-state index < -0.39 is 0 Å². The average molecular weight is 498 g/mol. The van der Waals surface area contributed by atoms with E-state index in [0.29, 0.717) is 42.0 Å². The summed E-state index contributed by atoms with van der Waals surface area (Å²) in [5, 5.41) is 3.79. The quantitative estimate of drug-likeness (QED) is 0.453. The van der Waals surface area contributed by atoms with Crippen molar-refractivity contribution in [1.82, 2.24) is 15.2 Å². The van der Waals surface area contributed by atoms with Gasteiger partial charge in [-0.15, -0.1) is 0 Å². The highest BCUT2D eigenvalue weighted by Gasteiger charge is 2.27. The molecule has 1 unspecified atom stereocenters. The van der Waals surface area contributed by atoms with Gasteiger partial charge in [0.2, 0.25) is 11.8 Å². The van der Waals surface area contributed by atoms with Gasteiger partial charge >= 0.3 is 0 Å². The largest absolute Gasteiger partial charge is 0.493 e. The Morgan fingerprint density at radius 3 is 2.69 bits per heavy atom. The molecule has 1 amide bonds. The third-order valence-electron chi connectivity index (χ3n) is 6.39. The van der Waals surface area contributed by atoms with Gasteiger partial charge < -0.3 is 19.2 Å². The molecule has 1 saturated heterocycles. The summed E-state index contributed by atoms with van der Waals surface area (Å²) in [6, 6.07) is 13.3. The fraction of sp³-hybridized carbons (Fsp3) is 0.407. The number of nitrogens with zero attached hydrogens (tertiary/aromatic N) is 2. The van der Waals surface area contributed by atoms with E-state index >= 15 is 0 Å². The van der Waals surface area contributed by atoms with Crippen molar-refractivity contribution in [3.63, 3.8) is 0 Å². The summed E-state index contributed by atoms with van der Waals surface area (Å²) in [5.41, 5.74) is 2.89. The molecule has 0 saturated carbocycles. The van der Waals surface area contributed by atoms with Crippen molar-refractivity contribution in [2.75, 3.05) is 33.9 Å². The number of aryl methyl sites for hydroxylation is 1. The van der Waals surface area contributed by atoms with E-state index in [4.69, 9.17) is 30.5 Å². The zero-order valence-corrected chi connectivity index (χ0v) is 21.2. The topological polar surface area (TPSA) is 76.8 Å². The minimum Gasteiger partial charge on any atom is -0.493 e. The van der Waals surface area contributed by atoms with E-state index in [1.54, 1.807) is 14.2 Å². The molecule has 1 atom stereocenters. The SMILES string of the molecule is COc1ccc(CCNC(=O)C2CCCN(Cc3nc(-c4ccc(Cl)cc4)oc3C)C2)cc1OC. The zero-order chi connectivity index (χ0) is 24.8. The molecular weight excluding hydrogens is 466 g/mol. The van der Waals surface area contributed by atoms with Crippen LogP contribution < -0.4 is 14.8 Å². The number of carbonyl (C=O) groups is 1. The van der Waals surface area contributed by atoms with Crippen molar-refractivity contribution >= 4 is 17.5 Å². The molecule has 1 fully saturated rings. The fourth-order valence-electron chi connectivity index (χ4n) is 4.43. The molecule has 1 aliphatic rings. The van der Waals surface area contributed by atoms with Crippen molar-refractivity contribution in [3.05, 3.63) is 64.5 Å². The highest BCUT2D eigenvalue weighted by molar-refractivity contribution is 6.30. The van der Waals surface area contributed by atoms with Gasteiger partial charge in [0.05, 0.1) is 25.8 Å². The predicted octanol–water partition coefficient (Wildman–Crippen LogP) is 4.89. The molecule has 1 aromatic heterocycles. The lowest BCUT2D eigenvalue weighted by molar-refractivity contribution is -0.126. The monoisotopic (exact) mass is 497 g/mol. The van der Waals surface area contributed by atoms with Crippen LogP contribution in [0.2, 0.25) is 5.02 Å². The van der Waals surface area contributed by atoms with Crippen LogP contribution in [0.4, 0.5) is 0 Å². The van der Waals surface area contributed by atoms with E-state index in [-0.39, 0.29) is 11.8 Å². The lowest BCUT2D eigenvalue weighted by Crippen LogP contribution is -2.43. The Kier molecular flexibility index (Phi) is 8.31.